The minimum Gasteiger partial charge on any atom is -0.490 e. The van der Waals surface area contributed by atoms with E-state index in [1.807, 2.05) is 45.2 Å². The van der Waals surface area contributed by atoms with Crippen molar-refractivity contribution >= 4 is 43.2 Å². The molecule has 196 valence electrons. The number of rotatable bonds is 10. The molecule has 3 aromatic rings. The van der Waals surface area contributed by atoms with Crippen LogP contribution in [0.5, 0.6) is 5.75 Å². The number of hydrazine groups is 1. The van der Waals surface area contributed by atoms with E-state index in [9.17, 15) is 10.1 Å². The first-order chi connectivity index (χ1) is 17.4. The third-order valence-electron chi connectivity index (χ3n) is 5.55. The lowest BCUT2D eigenvalue weighted by Crippen LogP contribution is -2.32. The van der Waals surface area contributed by atoms with E-state index in [0.717, 1.165) is 41.2 Å². The number of nitrogens with zero attached hydrogens (tertiary/aromatic N) is 4. The van der Waals surface area contributed by atoms with Crippen LogP contribution in [0.15, 0.2) is 36.4 Å². The molecule has 1 atom stereocenters. The lowest BCUT2D eigenvalue weighted by atomic mass is 10.0. The van der Waals surface area contributed by atoms with Crippen LogP contribution in [0.1, 0.15) is 43.0 Å². The number of hydrogen-bond acceptors (Lipinski definition) is 11. The zero-order valence-electron chi connectivity index (χ0n) is 21.0. The number of benzene rings is 2. The molecular weight excluding hydrogens is 531 g/mol. The van der Waals surface area contributed by atoms with Gasteiger partial charge in [-0.3, -0.25) is 4.18 Å². The van der Waals surface area contributed by atoms with Crippen molar-refractivity contribution in [1.29, 1.82) is 5.26 Å². The van der Waals surface area contributed by atoms with Crippen molar-refractivity contribution in [3.63, 3.8) is 0 Å². The molecule has 1 heterocycles. The van der Waals surface area contributed by atoms with Gasteiger partial charge in [0.25, 0.3) is 0 Å². The Morgan fingerprint density at radius 3 is 2.89 bits per heavy atom. The van der Waals surface area contributed by atoms with Gasteiger partial charge in [-0.05, 0) is 67.5 Å². The molecule has 0 saturated heterocycles. The molecule has 1 aromatic heterocycles. The summed E-state index contributed by atoms with van der Waals surface area (Å²) in [6.45, 7) is 3.74. The molecule has 37 heavy (non-hydrogen) atoms. The Labute approximate surface area is 232 Å². The van der Waals surface area contributed by atoms with Gasteiger partial charge in [-0.15, -0.1) is 0 Å². The van der Waals surface area contributed by atoms with Gasteiger partial charge in [0.2, 0.25) is 0 Å². The number of fused-ring (bicyclic) bond motifs is 1. The standard InChI is InChI=1S/C25H27N5O4S2.H2S/c1-15(2)34-22-11-8-16(12-17(22)13-26)25-27-24(29-35-25)20-7-5-6-19-18(20)9-10-21(19)28-30(3)36-33-14-23(31)32-4;/h5-8,11-12,15,21,28H,9-10,14H2,1-4H3;1H2. The Balaban J connectivity index is 0.00000380. The molecule has 0 bridgehead atoms. The number of esters is 1. The molecule has 1 aliphatic carbocycles. The van der Waals surface area contributed by atoms with Gasteiger partial charge in [0.05, 0.1) is 31.0 Å². The highest BCUT2D eigenvalue weighted by atomic mass is 32.2. The van der Waals surface area contributed by atoms with E-state index in [0.29, 0.717) is 17.1 Å². The molecule has 1 unspecified atom stereocenters. The van der Waals surface area contributed by atoms with Crippen molar-refractivity contribution in [3.8, 4) is 33.8 Å². The average Bonchev–Trinajstić information content (AvgIpc) is 3.51. The van der Waals surface area contributed by atoms with E-state index in [-0.39, 0.29) is 32.2 Å². The average molecular weight is 560 g/mol. The van der Waals surface area contributed by atoms with Gasteiger partial charge in [0, 0.05) is 24.2 Å². The first-order valence-electron chi connectivity index (χ1n) is 11.4. The zero-order chi connectivity index (χ0) is 25.7. The normalized spacial score (nSPS) is 14.2. The number of aromatic nitrogens is 2. The summed E-state index contributed by atoms with van der Waals surface area (Å²) >= 11 is 2.37. The fourth-order valence-corrected chi connectivity index (χ4v) is 5.16. The van der Waals surface area contributed by atoms with Crippen LogP contribution in [0, 0.1) is 11.3 Å². The van der Waals surface area contributed by atoms with E-state index in [1.165, 1.54) is 29.8 Å². The van der Waals surface area contributed by atoms with Crippen molar-refractivity contribution in [1.82, 2.24) is 19.2 Å². The van der Waals surface area contributed by atoms with Gasteiger partial charge < -0.3 is 9.47 Å². The maximum Gasteiger partial charge on any atom is 0.333 e. The summed E-state index contributed by atoms with van der Waals surface area (Å²) in [7, 11) is 3.17. The van der Waals surface area contributed by atoms with Gasteiger partial charge in [0.1, 0.15) is 16.8 Å². The molecule has 0 amide bonds. The van der Waals surface area contributed by atoms with E-state index in [4.69, 9.17) is 13.9 Å². The highest BCUT2D eigenvalue weighted by molar-refractivity contribution is 7.92. The third kappa shape index (κ3) is 7.01. The second-order valence-electron chi connectivity index (χ2n) is 8.42. The maximum atomic E-state index is 11.2. The Bertz CT molecular complexity index is 1280. The number of hydrogen-bond donors (Lipinski definition) is 1. The fraction of sp³-hybridized carbons (Fsp3) is 0.360. The fourth-order valence-electron chi connectivity index (χ4n) is 4.01. The zero-order valence-corrected chi connectivity index (χ0v) is 23.6. The Hall–Kier alpha value is -2.66. The second kappa shape index (κ2) is 13.2. The number of carbonyl (C=O) groups is 1. The van der Waals surface area contributed by atoms with Crippen LogP contribution in [0.2, 0.25) is 0 Å². The van der Waals surface area contributed by atoms with Gasteiger partial charge in [0.15, 0.2) is 12.4 Å². The van der Waals surface area contributed by atoms with E-state index >= 15 is 0 Å². The van der Waals surface area contributed by atoms with Crippen LogP contribution < -0.4 is 10.2 Å². The van der Waals surface area contributed by atoms with Crippen molar-refractivity contribution < 1.29 is 18.5 Å². The second-order valence-corrected chi connectivity index (χ2v) is 10.1. The number of nitrogens with one attached hydrogen (secondary N) is 1. The Morgan fingerprint density at radius 2 is 2.16 bits per heavy atom. The molecule has 2 aromatic carbocycles. The SMILES string of the molecule is COC(=O)COSN(C)NC1CCc2c(-c3nsc(-c4ccc(OC(C)C)c(C#N)c4)n3)cccc21.S. The maximum absolute atomic E-state index is 11.2. The van der Waals surface area contributed by atoms with Crippen molar-refractivity contribution in [2.75, 3.05) is 20.8 Å². The highest BCUT2D eigenvalue weighted by Crippen LogP contribution is 2.38. The van der Waals surface area contributed by atoms with Crippen LogP contribution in [0.4, 0.5) is 0 Å². The van der Waals surface area contributed by atoms with Crippen molar-refractivity contribution in [3.05, 3.63) is 53.1 Å². The van der Waals surface area contributed by atoms with Crippen molar-refractivity contribution in [2.24, 2.45) is 0 Å². The Morgan fingerprint density at radius 1 is 1.35 bits per heavy atom. The van der Waals surface area contributed by atoms with Crippen LogP contribution >= 0.6 is 37.3 Å². The summed E-state index contributed by atoms with van der Waals surface area (Å²) in [6, 6.07) is 14.0. The molecule has 0 fully saturated rings. The monoisotopic (exact) mass is 559 g/mol. The van der Waals surface area contributed by atoms with Crippen LogP contribution in [0.25, 0.3) is 22.0 Å². The number of methoxy groups -OCH3 is 1. The molecule has 1 N–H and O–H groups in total. The predicted octanol–water partition coefficient (Wildman–Crippen LogP) is 4.82. The van der Waals surface area contributed by atoms with Gasteiger partial charge in [-0.25, -0.2) is 15.2 Å². The van der Waals surface area contributed by atoms with E-state index in [1.54, 1.807) is 10.5 Å². The first-order valence-corrected chi connectivity index (χ1v) is 12.9. The lowest BCUT2D eigenvalue weighted by Gasteiger charge is -2.21. The summed E-state index contributed by atoms with van der Waals surface area (Å²) < 4.78 is 22.0. The number of nitriles is 1. The minimum absolute atomic E-state index is 0. The van der Waals surface area contributed by atoms with Crippen LogP contribution in [0.3, 0.4) is 0 Å². The molecular formula is C25H29N5O4S3. The predicted molar refractivity (Wildman–Crippen MR) is 149 cm³/mol. The first kappa shape index (κ1) is 28.9. The van der Waals surface area contributed by atoms with Crippen LogP contribution in [-0.2, 0) is 20.1 Å². The summed E-state index contributed by atoms with van der Waals surface area (Å²) in [5, 5.41) is 10.3. The third-order valence-corrected chi connectivity index (χ3v) is 6.87. The molecule has 0 spiro atoms. The molecule has 12 heteroatoms. The number of ether oxygens (including phenoxy) is 2. The van der Waals surface area contributed by atoms with Crippen molar-refractivity contribution in [2.45, 2.75) is 38.8 Å². The quantitative estimate of drug-likeness (QED) is 0.161. The summed E-state index contributed by atoms with van der Waals surface area (Å²) in [6.07, 6.45) is 1.79. The largest absolute Gasteiger partial charge is 0.490 e. The molecule has 0 aliphatic heterocycles. The molecule has 9 nitrogen and oxygen atoms in total. The molecule has 0 saturated carbocycles. The highest BCUT2D eigenvalue weighted by Gasteiger charge is 2.27. The smallest absolute Gasteiger partial charge is 0.333 e. The van der Waals surface area contributed by atoms with E-state index in [2.05, 4.69) is 26.7 Å². The lowest BCUT2D eigenvalue weighted by molar-refractivity contribution is -0.142. The number of carbonyl (C=O) groups excluding carboxylic acids is 1. The topological polar surface area (TPSA) is 110 Å². The Kier molecular flexibility index (Phi) is 10.3. The molecule has 1 aliphatic rings. The van der Waals surface area contributed by atoms with Gasteiger partial charge in [-0.1, -0.05) is 18.2 Å². The molecule has 4 rings (SSSR count). The minimum atomic E-state index is -0.425. The van der Waals surface area contributed by atoms with E-state index < -0.39 is 5.97 Å². The summed E-state index contributed by atoms with van der Waals surface area (Å²) in [5.74, 6) is 0.822. The summed E-state index contributed by atoms with van der Waals surface area (Å²) in [4.78, 5) is 16.0. The van der Waals surface area contributed by atoms with Crippen LogP contribution in [-0.4, -0.2) is 46.6 Å². The van der Waals surface area contributed by atoms with Gasteiger partial charge in [-0.2, -0.15) is 27.5 Å². The van der Waals surface area contributed by atoms with Gasteiger partial charge >= 0.3 is 5.97 Å². The summed E-state index contributed by atoms with van der Waals surface area (Å²) in [5.41, 5.74) is 8.13. The molecule has 0 radical (unpaired) electrons.